The first-order valence-electron chi connectivity index (χ1n) is 4.11. The number of nitrogens with zero attached hydrogens (tertiary/aromatic N) is 1. The highest BCUT2D eigenvalue weighted by molar-refractivity contribution is 14.1. The van der Waals surface area contributed by atoms with E-state index < -0.39 is 0 Å². The Morgan fingerprint density at radius 1 is 1.47 bits per heavy atom. The molecule has 0 radical (unpaired) electrons. The molecule has 0 fully saturated rings. The number of benzene rings is 1. The van der Waals surface area contributed by atoms with Gasteiger partial charge in [-0.2, -0.15) is 0 Å². The van der Waals surface area contributed by atoms with Crippen LogP contribution in [0.4, 0.5) is 0 Å². The fourth-order valence-corrected chi connectivity index (χ4v) is 2.43. The Hall–Kier alpha value is -0.0700. The highest BCUT2D eigenvalue weighted by Gasteiger charge is 2.12. The van der Waals surface area contributed by atoms with Crippen molar-refractivity contribution in [2.75, 3.05) is 7.11 Å². The molecule has 1 aromatic carbocycles. The summed E-state index contributed by atoms with van der Waals surface area (Å²) in [6.07, 6.45) is 1.75. The molecule has 1 heterocycles. The molecule has 0 aliphatic rings. The average Bonchev–Trinajstić information content (AvgIpc) is 2.24. The lowest BCUT2D eigenvalue weighted by Gasteiger charge is -2.08. The van der Waals surface area contributed by atoms with Crippen LogP contribution in [0.1, 0.15) is 0 Å². The topological polar surface area (TPSA) is 22.1 Å². The van der Waals surface area contributed by atoms with Gasteiger partial charge in [0.25, 0.3) is 0 Å². The number of aromatic nitrogens is 1. The maximum atomic E-state index is 6.23. The second-order valence-electron chi connectivity index (χ2n) is 2.89. The molecule has 0 spiro atoms. The second-order valence-corrected chi connectivity index (χ2v) is 5.29. The van der Waals surface area contributed by atoms with Gasteiger partial charge in [0, 0.05) is 10.7 Å². The normalized spacial score (nSPS) is 10.7. The van der Waals surface area contributed by atoms with Crippen LogP contribution in [0.2, 0.25) is 5.02 Å². The summed E-state index contributed by atoms with van der Waals surface area (Å²) in [4.78, 5) is 4.33. The smallest absolute Gasteiger partial charge is 0.129 e. The summed E-state index contributed by atoms with van der Waals surface area (Å²) in [5, 5.41) is 1.53. The number of rotatable bonds is 1. The van der Waals surface area contributed by atoms with Gasteiger partial charge in [-0.15, -0.1) is 0 Å². The minimum absolute atomic E-state index is 0.679. The number of fused-ring (bicyclic) bond motifs is 1. The van der Waals surface area contributed by atoms with Crippen molar-refractivity contribution in [1.82, 2.24) is 4.98 Å². The van der Waals surface area contributed by atoms with Gasteiger partial charge in [-0.25, -0.2) is 0 Å². The van der Waals surface area contributed by atoms with E-state index in [4.69, 9.17) is 16.3 Å². The lowest BCUT2D eigenvalue weighted by atomic mass is 10.2. The Morgan fingerprint density at radius 2 is 2.20 bits per heavy atom. The minimum Gasteiger partial charge on any atom is -0.496 e. The van der Waals surface area contributed by atoms with E-state index in [9.17, 15) is 0 Å². The maximum absolute atomic E-state index is 6.23. The number of hydrogen-bond acceptors (Lipinski definition) is 2. The summed E-state index contributed by atoms with van der Waals surface area (Å²) in [5.41, 5.74) is 0.819. The van der Waals surface area contributed by atoms with Gasteiger partial charge in [0.15, 0.2) is 0 Å². The first-order valence-corrected chi connectivity index (χ1v) is 6.36. The molecule has 2 rings (SSSR count). The summed E-state index contributed by atoms with van der Waals surface area (Å²) in [7, 11) is 1.62. The molecular weight excluding hydrogens is 392 g/mol. The Kier molecular flexibility index (Phi) is 3.37. The molecule has 0 N–H and O–H groups in total. The Morgan fingerprint density at radius 3 is 2.87 bits per heavy atom. The van der Waals surface area contributed by atoms with Crippen LogP contribution in [0.3, 0.4) is 0 Å². The Balaban J connectivity index is 2.95. The number of halogens is 3. The average molecular weight is 398 g/mol. The van der Waals surface area contributed by atoms with Crippen LogP contribution in [-0.4, -0.2) is 12.1 Å². The van der Waals surface area contributed by atoms with Crippen LogP contribution in [-0.2, 0) is 0 Å². The first-order chi connectivity index (χ1) is 7.15. The SMILES string of the molecule is COc1ccc(Br)c2ncc(I)c(Cl)c12. The van der Waals surface area contributed by atoms with Crippen LogP contribution in [0.25, 0.3) is 10.9 Å². The highest BCUT2D eigenvalue weighted by atomic mass is 127. The Bertz CT molecular complexity index is 532. The minimum atomic E-state index is 0.679. The molecule has 0 unspecified atom stereocenters. The lowest BCUT2D eigenvalue weighted by molar-refractivity contribution is 0.419. The standard InChI is InChI=1S/C10H6BrClINO/c1-15-7-3-2-5(11)10-8(7)9(12)6(13)4-14-10/h2-4H,1H3. The van der Waals surface area contributed by atoms with Gasteiger partial charge >= 0.3 is 0 Å². The van der Waals surface area contributed by atoms with E-state index in [0.717, 1.165) is 24.7 Å². The van der Waals surface area contributed by atoms with Crippen LogP contribution in [0.5, 0.6) is 5.75 Å². The van der Waals surface area contributed by atoms with Crippen molar-refractivity contribution in [1.29, 1.82) is 0 Å². The van der Waals surface area contributed by atoms with Gasteiger partial charge in [-0.1, -0.05) is 11.6 Å². The fourth-order valence-electron chi connectivity index (χ4n) is 1.35. The van der Waals surface area contributed by atoms with E-state index >= 15 is 0 Å². The number of pyridine rings is 1. The molecular formula is C10H6BrClINO. The second kappa shape index (κ2) is 4.43. The van der Waals surface area contributed by atoms with E-state index in [0.29, 0.717) is 5.02 Å². The van der Waals surface area contributed by atoms with E-state index in [1.165, 1.54) is 0 Å². The quantitative estimate of drug-likeness (QED) is 0.670. The molecule has 0 saturated carbocycles. The van der Waals surface area contributed by atoms with Crippen molar-refractivity contribution in [2.24, 2.45) is 0 Å². The number of methoxy groups -OCH3 is 1. The molecule has 5 heteroatoms. The molecule has 15 heavy (non-hydrogen) atoms. The van der Waals surface area contributed by atoms with Crippen LogP contribution in [0, 0.1) is 3.57 Å². The number of ether oxygens (including phenoxy) is 1. The van der Waals surface area contributed by atoms with E-state index in [1.54, 1.807) is 13.3 Å². The zero-order chi connectivity index (χ0) is 11.0. The summed E-state index contributed by atoms with van der Waals surface area (Å²) < 4.78 is 7.10. The lowest BCUT2D eigenvalue weighted by Crippen LogP contribution is -1.90. The van der Waals surface area contributed by atoms with Gasteiger partial charge in [-0.3, -0.25) is 4.98 Å². The van der Waals surface area contributed by atoms with Crippen molar-refractivity contribution in [3.05, 3.63) is 31.4 Å². The van der Waals surface area contributed by atoms with Crippen molar-refractivity contribution in [2.45, 2.75) is 0 Å². The van der Waals surface area contributed by atoms with Gasteiger partial charge in [-0.05, 0) is 50.7 Å². The third-order valence-electron chi connectivity index (χ3n) is 2.05. The predicted octanol–water partition coefficient (Wildman–Crippen LogP) is 4.26. The van der Waals surface area contributed by atoms with Gasteiger partial charge < -0.3 is 4.74 Å². The van der Waals surface area contributed by atoms with Crippen LogP contribution < -0.4 is 4.74 Å². The highest BCUT2D eigenvalue weighted by Crippen LogP contribution is 2.37. The summed E-state index contributed by atoms with van der Waals surface area (Å²) in [6, 6.07) is 3.77. The third-order valence-corrected chi connectivity index (χ3v) is 4.22. The predicted molar refractivity (Wildman–Crippen MR) is 73.7 cm³/mol. The van der Waals surface area contributed by atoms with Crippen molar-refractivity contribution in [3.63, 3.8) is 0 Å². The zero-order valence-electron chi connectivity index (χ0n) is 7.72. The number of hydrogen-bond donors (Lipinski definition) is 0. The molecule has 0 aliphatic carbocycles. The van der Waals surface area contributed by atoms with Crippen molar-refractivity contribution < 1.29 is 4.74 Å². The van der Waals surface area contributed by atoms with Crippen molar-refractivity contribution in [3.8, 4) is 5.75 Å². The Labute approximate surface area is 114 Å². The van der Waals surface area contributed by atoms with Crippen molar-refractivity contribution >= 4 is 61.0 Å². The van der Waals surface area contributed by atoms with Gasteiger partial charge in [0.1, 0.15) is 5.75 Å². The van der Waals surface area contributed by atoms with E-state index in [2.05, 4.69) is 43.5 Å². The molecule has 0 atom stereocenters. The van der Waals surface area contributed by atoms with Crippen LogP contribution >= 0.6 is 50.1 Å². The first kappa shape index (κ1) is 11.4. The largest absolute Gasteiger partial charge is 0.496 e. The van der Waals surface area contributed by atoms with E-state index in [-0.39, 0.29) is 0 Å². The summed E-state index contributed by atoms with van der Waals surface area (Å²) >= 11 is 11.8. The zero-order valence-corrected chi connectivity index (χ0v) is 12.2. The van der Waals surface area contributed by atoms with Gasteiger partial charge in [0.2, 0.25) is 0 Å². The molecule has 0 bridgehead atoms. The molecule has 0 aliphatic heterocycles. The molecule has 0 amide bonds. The third kappa shape index (κ3) is 1.94. The molecule has 2 aromatic rings. The fraction of sp³-hybridized carbons (Fsp3) is 0.100. The monoisotopic (exact) mass is 397 g/mol. The molecule has 1 aromatic heterocycles. The molecule has 78 valence electrons. The van der Waals surface area contributed by atoms with E-state index in [1.807, 2.05) is 12.1 Å². The molecule has 2 nitrogen and oxygen atoms in total. The maximum Gasteiger partial charge on any atom is 0.129 e. The van der Waals surface area contributed by atoms with Gasteiger partial charge in [0.05, 0.1) is 26.6 Å². The van der Waals surface area contributed by atoms with Crippen LogP contribution in [0.15, 0.2) is 22.8 Å². The summed E-state index contributed by atoms with van der Waals surface area (Å²) in [6.45, 7) is 0. The molecule has 0 saturated heterocycles. The summed E-state index contributed by atoms with van der Waals surface area (Å²) in [5.74, 6) is 0.740.